The normalized spacial score (nSPS) is 22.2. The van der Waals surface area contributed by atoms with E-state index in [1.165, 1.54) is 0 Å². The van der Waals surface area contributed by atoms with Crippen molar-refractivity contribution in [3.05, 3.63) is 34.3 Å². The van der Waals surface area contributed by atoms with Crippen molar-refractivity contribution in [3.8, 4) is 0 Å². The van der Waals surface area contributed by atoms with E-state index in [4.69, 9.17) is 5.21 Å². The second kappa shape index (κ2) is 5.52. The second-order valence-corrected chi connectivity index (χ2v) is 5.33. The Bertz CT molecular complexity index is 488. The molecule has 18 heavy (non-hydrogen) atoms. The topological polar surface area (TPSA) is 52.9 Å². The van der Waals surface area contributed by atoms with Gasteiger partial charge in [0.25, 0.3) is 5.91 Å². The maximum Gasteiger partial charge on any atom is 0.255 e. The second-order valence-electron chi connectivity index (χ2n) is 4.47. The summed E-state index contributed by atoms with van der Waals surface area (Å²) < 4.78 is 0.810. The number of amides is 1. The number of piperidine rings is 1. The molecule has 1 N–H and O–H groups in total. The zero-order chi connectivity index (χ0) is 13.1. The average molecular weight is 311 g/mol. The highest BCUT2D eigenvalue weighted by molar-refractivity contribution is 9.10. The molecule has 1 amide bonds. The molecule has 1 heterocycles. The molecular weight excluding hydrogens is 296 g/mol. The number of rotatable bonds is 1. The van der Waals surface area contributed by atoms with Gasteiger partial charge in [-0.05, 0) is 28.1 Å². The Morgan fingerprint density at radius 2 is 2.22 bits per heavy atom. The SMILES string of the molecule is CC1CN(C(=O)c2ccccc2Br)CC/C1=N\O. The third-order valence-electron chi connectivity index (χ3n) is 3.22. The molecule has 0 bridgehead atoms. The van der Waals surface area contributed by atoms with Crippen molar-refractivity contribution in [2.75, 3.05) is 13.1 Å². The molecule has 5 heteroatoms. The first-order valence-corrected chi connectivity index (χ1v) is 6.67. The van der Waals surface area contributed by atoms with E-state index in [-0.39, 0.29) is 11.8 Å². The molecule has 1 atom stereocenters. The first kappa shape index (κ1) is 13.1. The summed E-state index contributed by atoms with van der Waals surface area (Å²) in [5, 5.41) is 12.1. The van der Waals surface area contributed by atoms with Gasteiger partial charge in [0.05, 0.1) is 11.3 Å². The number of oxime groups is 1. The van der Waals surface area contributed by atoms with Crippen LogP contribution in [0.4, 0.5) is 0 Å². The number of benzene rings is 1. The maximum atomic E-state index is 12.4. The molecule has 1 saturated heterocycles. The molecule has 0 radical (unpaired) electrons. The molecule has 1 unspecified atom stereocenters. The smallest absolute Gasteiger partial charge is 0.255 e. The number of likely N-dealkylation sites (tertiary alicyclic amines) is 1. The Balaban J connectivity index is 2.15. The summed E-state index contributed by atoms with van der Waals surface area (Å²) in [4.78, 5) is 14.2. The van der Waals surface area contributed by atoms with Crippen LogP contribution in [0, 0.1) is 5.92 Å². The van der Waals surface area contributed by atoms with Crippen LogP contribution in [0.1, 0.15) is 23.7 Å². The van der Waals surface area contributed by atoms with Gasteiger partial charge in [0.1, 0.15) is 0 Å². The predicted molar refractivity (Wildman–Crippen MR) is 73.0 cm³/mol. The van der Waals surface area contributed by atoms with E-state index in [9.17, 15) is 4.79 Å². The van der Waals surface area contributed by atoms with Crippen LogP contribution in [0.3, 0.4) is 0 Å². The monoisotopic (exact) mass is 310 g/mol. The number of halogens is 1. The van der Waals surface area contributed by atoms with Gasteiger partial charge >= 0.3 is 0 Å². The van der Waals surface area contributed by atoms with E-state index >= 15 is 0 Å². The molecule has 0 aromatic heterocycles. The van der Waals surface area contributed by atoms with Crippen LogP contribution >= 0.6 is 15.9 Å². The van der Waals surface area contributed by atoms with Gasteiger partial charge in [-0.15, -0.1) is 0 Å². The molecular formula is C13H15BrN2O2. The maximum absolute atomic E-state index is 12.4. The molecule has 0 spiro atoms. The minimum atomic E-state index is 0.0197. The summed E-state index contributed by atoms with van der Waals surface area (Å²) in [7, 11) is 0. The highest BCUT2D eigenvalue weighted by atomic mass is 79.9. The fourth-order valence-corrected chi connectivity index (χ4v) is 2.62. The lowest BCUT2D eigenvalue weighted by Gasteiger charge is -2.31. The van der Waals surface area contributed by atoms with E-state index in [1.54, 1.807) is 4.90 Å². The van der Waals surface area contributed by atoms with Crippen molar-refractivity contribution in [1.82, 2.24) is 4.90 Å². The number of carbonyl (C=O) groups excluding carboxylic acids is 1. The number of carbonyl (C=O) groups is 1. The van der Waals surface area contributed by atoms with Crippen molar-refractivity contribution < 1.29 is 10.0 Å². The molecule has 96 valence electrons. The predicted octanol–water partition coefficient (Wildman–Crippen LogP) is 2.76. The van der Waals surface area contributed by atoms with Gasteiger partial charge in [0.15, 0.2) is 0 Å². The molecule has 0 saturated carbocycles. The van der Waals surface area contributed by atoms with E-state index in [0.717, 1.165) is 10.2 Å². The molecule has 1 aromatic carbocycles. The van der Waals surface area contributed by atoms with Gasteiger partial charge in [-0.25, -0.2) is 0 Å². The zero-order valence-electron chi connectivity index (χ0n) is 10.1. The van der Waals surface area contributed by atoms with Crippen molar-refractivity contribution in [2.24, 2.45) is 11.1 Å². The summed E-state index contributed by atoms with van der Waals surface area (Å²) in [6.07, 6.45) is 0.633. The van der Waals surface area contributed by atoms with Crippen LogP contribution in [-0.4, -0.2) is 34.8 Å². The highest BCUT2D eigenvalue weighted by Crippen LogP contribution is 2.21. The Morgan fingerprint density at radius 1 is 1.50 bits per heavy atom. The molecule has 1 aliphatic heterocycles. The van der Waals surface area contributed by atoms with E-state index < -0.39 is 0 Å². The van der Waals surface area contributed by atoms with Gasteiger partial charge in [0, 0.05) is 29.9 Å². The third-order valence-corrected chi connectivity index (χ3v) is 3.91. The Labute approximate surface area is 114 Å². The molecule has 0 aliphatic carbocycles. The Morgan fingerprint density at radius 3 is 2.83 bits per heavy atom. The van der Waals surface area contributed by atoms with E-state index in [1.807, 2.05) is 31.2 Å². The zero-order valence-corrected chi connectivity index (χ0v) is 11.7. The molecule has 1 aromatic rings. The summed E-state index contributed by atoms with van der Waals surface area (Å²) in [6.45, 7) is 3.16. The van der Waals surface area contributed by atoms with Gasteiger partial charge < -0.3 is 10.1 Å². The molecule has 4 nitrogen and oxygen atoms in total. The number of hydrogen-bond donors (Lipinski definition) is 1. The van der Waals surface area contributed by atoms with Gasteiger partial charge in [0.2, 0.25) is 0 Å². The third kappa shape index (κ3) is 2.56. The first-order chi connectivity index (χ1) is 8.63. The lowest BCUT2D eigenvalue weighted by molar-refractivity contribution is 0.0733. The molecule has 1 aliphatic rings. The lowest BCUT2D eigenvalue weighted by Crippen LogP contribution is -2.43. The van der Waals surface area contributed by atoms with E-state index in [2.05, 4.69) is 21.1 Å². The van der Waals surface area contributed by atoms with Crippen molar-refractivity contribution in [1.29, 1.82) is 0 Å². The van der Waals surface area contributed by atoms with Crippen LogP contribution in [0.15, 0.2) is 33.9 Å². The summed E-state index contributed by atoms with van der Waals surface area (Å²) in [5.41, 5.74) is 1.44. The minimum Gasteiger partial charge on any atom is -0.411 e. The van der Waals surface area contributed by atoms with E-state index in [0.29, 0.717) is 25.1 Å². The minimum absolute atomic E-state index is 0.0197. The van der Waals surface area contributed by atoms with Crippen molar-refractivity contribution in [3.63, 3.8) is 0 Å². The summed E-state index contributed by atoms with van der Waals surface area (Å²) >= 11 is 3.39. The van der Waals surface area contributed by atoms with Crippen LogP contribution in [-0.2, 0) is 0 Å². The number of hydrogen-bond acceptors (Lipinski definition) is 3. The van der Waals surface area contributed by atoms with Crippen LogP contribution in [0.25, 0.3) is 0 Å². The highest BCUT2D eigenvalue weighted by Gasteiger charge is 2.27. The lowest BCUT2D eigenvalue weighted by atomic mass is 9.97. The summed E-state index contributed by atoms with van der Waals surface area (Å²) in [5.74, 6) is 0.126. The van der Waals surface area contributed by atoms with Crippen molar-refractivity contribution >= 4 is 27.5 Å². The fraction of sp³-hybridized carbons (Fsp3) is 0.385. The van der Waals surface area contributed by atoms with Gasteiger partial charge in [-0.2, -0.15) is 0 Å². The van der Waals surface area contributed by atoms with Gasteiger partial charge in [-0.3, -0.25) is 4.79 Å². The van der Waals surface area contributed by atoms with Crippen LogP contribution in [0.5, 0.6) is 0 Å². The standard InChI is InChI=1S/C13H15BrN2O2/c1-9-8-16(7-6-12(9)15-18)13(17)10-4-2-3-5-11(10)14/h2-5,9,18H,6-8H2,1H3/b15-12+. The van der Waals surface area contributed by atoms with Crippen molar-refractivity contribution in [2.45, 2.75) is 13.3 Å². The van der Waals surface area contributed by atoms with Gasteiger partial charge in [-0.1, -0.05) is 24.2 Å². The van der Waals surface area contributed by atoms with Crippen LogP contribution < -0.4 is 0 Å². The fourth-order valence-electron chi connectivity index (χ4n) is 2.16. The Hall–Kier alpha value is -1.36. The largest absolute Gasteiger partial charge is 0.411 e. The summed E-state index contributed by atoms with van der Waals surface area (Å²) in [6, 6.07) is 7.41. The molecule has 1 fully saturated rings. The molecule has 2 rings (SSSR count). The first-order valence-electron chi connectivity index (χ1n) is 5.88. The average Bonchev–Trinajstić information content (AvgIpc) is 2.38. The Kier molecular flexibility index (Phi) is 4.01. The number of nitrogens with zero attached hydrogens (tertiary/aromatic N) is 2. The van der Waals surface area contributed by atoms with Crippen LogP contribution in [0.2, 0.25) is 0 Å². The quantitative estimate of drug-likeness (QED) is 0.640.